The fourth-order valence-corrected chi connectivity index (χ4v) is 1.76. The van der Waals surface area contributed by atoms with Crippen molar-refractivity contribution in [2.24, 2.45) is 0 Å². The molecule has 0 saturated carbocycles. The summed E-state index contributed by atoms with van der Waals surface area (Å²) in [4.78, 5) is 13.3. The molecule has 5 nitrogen and oxygen atoms in total. The van der Waals surface area contributed by atoms with Crippen molar-refractivity contribution in [1.29, 1.82) is 0 Å². The van der Waals surface area contributed by atoms with Crippen LogP contribution in [-0.4, -0.2) is 45.3 Å². The minimum Gasteiger partial charge on any atom is -0.497 e. The van der Waals surface area contributed by atoms with Crippen molar-refractivity contribution in [1.82, 2.24) is 4.90 Å². The first kappa shape index (κ1) is 15.3. The molecule has 19 heavy (non-hydrogen) atoms. The number of methoxy groups -OCH3 is 2. The van der Waals surface area contributed by atoms with Crippen molar-refractivity contribution in [2.75, 3.05) is 34.4 Å². The molecule has 0 unspecified atom stereocenters. The third-order valence-corrected chi connectivity index (χ3v) is 2.64. The predicted octanol–water partition coefficient (Wildman–Crippen LogP) is 1.70. The van der Waals surface area contributed by atoms with Crippen LogP contribution in [0, 0.1) is 0 Å². The van der Waals surface area contributed by atoms with Crippen LogP contribution in [0.4, 0.5) is 0 Å². The van der Waals surface area contributed by atoms with Gasteiger partial charge in [0.15, 0.2) is 0 Å². The van der Waals surface area contributed by atoms with E-state index in [2.05, 4.69) is 0 Å². The molecule has 0 saturated heterocycles. The van der Waals surface area contributed by atoms with Gasteiger partial charge in [-0.2, -0.15) is 0 Å². The van der Waals surface area contributed by atoms with Crippen molar-refractivity contribution in [3.8, 4) is 11.5 Å². The van der Waals surface area contributed by atoms with Gasteiger partial charge in [0, 0.05) is 18.2 Å². The maximum absolute atomic E-state index is 11.4. The lowest BCUT2D eigenvalue weighted by molar-refractivity contribution is -0.144. The van der Waals surface area contributed by atoms with Crippen LogP contribution in [0.1, 0.15) is 12.5 Å². The summed E-state index contributed by atoms with van der Waals surface area (Å²) >= 11 is 0. The fraction of sp³-hybridized carbons (Fsp3) is 0.500. The molecule has 106 valence electrons. The SMILES string of the molecule is CCOC(=O)CN(C)Cc1ccc(OC)cc1OC. The Morgan fingerprint density at radius 3 is 2.58 bits per heavy atom. The lowest BCUT2D eigenvalue weighted by atomic mass is 10.2. The first-order valence-corrected chi connectivity index (χ1v) is 6.15. The molecular formula is C14H21NO4. The quantitative estimate of drug-likeness (QED) is 0.704. The summed E-state index contributed by atoms with van der Waals surface area (Å²) in [5, 5.41) is 0. The molecule has 0 spiro atoms. The minimum absolute atomic E-state index is 0.225. The number of likely N-dealkylation sites (N-methyl/N-ethyl adjacent to an activating group) is 1. The van der Waals surface area contributed by atoms with E-state index >= 15 is 0 Å². The monoisotopic (exact) mass is 267 g/mol. The van der Waals surface area contributed by atoms with Crippen LogP contribution in [0.3, 0.4) is 0 Å². The zero-order valence-electron chi connectivity index (χ0n) is 11.9. The van der Waals surface area contributed by atoms with Gasteiger partial charge in [-0.05, 0) is 20.0 Å². The van der Waals surface area contributed by atoms with E-state index in [1.165, 1.54) is 0 Å². The number of benzene rings is 1. The van der Waals surface area contributed by atoms with Crippen LogP contribution in [0.2, 0.25) is 0 Å². The number of esters is 1. The second kappa shape index (κ2) is 7.63. The van der Waals surface area contributed by atoms with E-state index in [1.807, 2.05) is 30.1 Å². The summed E-state index contributed by atoms with van der Waals surface area (Å²) in [5.74, 6) is 1.26. The summed E-state index contributed by atoms with van der Waals surface area (Å²) in [6.45, 7) is 3.05. The molecule has 0 aliphatic carbocycles. The smallest absolute Gasteiger partial charge is 0.320 e. The predicted molar refractivity (Wildman–Crippen MR) is 72.5 cm³/mol. The summed E-state index contributed by atoms with van der Waals surface area (Å²) < 4.78 is 15.4. The molecule has 0 bridgehead atoms. The van der Waals surface area contributed by atoms with Crippen molar-refractivity contribution in [3.63, 3.8) is 0 Å². The summed E-state index contributed by atoms with van der Waals surface area (Å²) in [6.07, 6.45) is 0. The molecule has 0 amide bonds. The van der Waals surface area contributed by atoms with Gasteiger partial charge in [0.05, 0.1) is 27.4 Å². The molecule has 0 aliphatic rings. The highest BCUT2D eigenvalue weighted by Gasteiger charge is 2.11. The maximum atomic E-state index is 11.4. The van der Waals surface area contributed by atoms with Gasteiger partial charge in [-0.15, -0.1) is 0 Å². The summed E-state index contributed by atoms with van der Waals surface area (Å²) in [7, 11) is 5.09. The number of nitrogens with zero attached hydrogens (tertiary/aromatic N) is 1. The zero-order valence-corrected chi connectivity index (χ0v) is 11.9. The average molecular weight is 267 g/mol. The number of carbonyl (C=O) groups is 1. The van der Waals surface area contributed by atoms with E-state index in [9.17, 15) is 4.79 Å². The molecule has 1 aromatic rings. The van der Waals surface area contributed by atoms with Crippen LogP contribution in [0.15, 0.2) is 18.2 Å². The van der Waals surface area contributed by atoms with Gasteiger partial charge < -0.3 is 14.2 Å². The molecule has 0 heterocycles. The molecule has 0 N–H and O–H groups in total. The lowest BCUT2D eigenvalue weighted by Crippen LogP contribution is -2.27. The Morgan fingerprint density at radius 1 is 1.26 bits per heavy atom. The van der Waals surface area contributed by atoms with Crippen molar-refractivity contribution < 1.29 is 19.0 Å². The first-order valence-electron chi connectivity index (χ1n) is 6.15. The molecule has 0 radical (unpaired) electrons. The van der Waals surface area contributed by atoms with Crippen molar-refractivity contribution >= 4 is 5.97 Å². The normalized spacial score (nSPS) is 10.4. The lowest BCUT2D eigenvalue weighted by Gasteiger charge is -2.17. The summed E-state index contributed by atoms with van der Waals surface area (Å²) in [5.41, 5.74) is 0.995. The number of carbonyl (C=O) groups excluding carboxylic acids is 1. The van der Waals surface area contributed by atoms with Crippen molar-refractivity contribution in [2.45, 2.75) is 13.5 Å². The van der Waals surface area contributed by atoms with Gasteiger partial charge in [0.1, 0.15) is 11.5 Å². The van der Waals surface area contributed by atoms with E-state index in [0.29, 0.717) is 13.2 Å². The van der Waals surface area contributed by atoms with Crippen LogP contribution in [0.5, 0.6) is 11.5 Å². The molecule has 0 fully saturated rings. The molecule has 1 rings (SSSR count). The highest BCUT2D eigenvalue weighted by atomic mass is 16.5. The van der Waals surface area contributed by atoms with Gasteiger partial charge in [-0.25, -0.2) is 0 Å². The molecular weight excluding hydrogens is 246 g/mol. The Morgan fingerprint density at radius 2 is 2.00 bits per heavy atom. The van der Waals surface area contributed by atoms with Gasteiger partial charge in [-0.1, -0.05) is 6.07 Å². The maximum Gasteiger partial charge on any atom is 0.320 e. The van der Waals surface area contributed by atoms with Gasteiger partial charge in [-0.3, -0.25) is 9.69 Å². The van der Waals surface area contributed by atoms with Gasteiger partial charge in [0.2, 0.25) is 0 Å². The molecule has 5 heteroatoms. The Labute approximate surface area is 114 Å². The average Bonchev–Trinajstić information content (AvgIpc) is 2.39. The third-order valence-electron chi connectivity index (χ3n) is 2.64. The second-order valence-electron chi connectivity index (χ2n) is 4.16. The van der Waals surface area contributed by atoms with Gasteiger partial charge in [0.25, 0.3) is 0 Å². The third kappa shape index (κ3) is 4.79. The number of hydrogen-bond acceptors (Lipinski definition) is 5. The fourth-order valence-electron chi connectivity index (χ4n) is 1.76. The van der Waals surface area contributed by atoms with Crippen LogP contribution < -0.4 is 9.47 Å². The largest absolute Gasteiger partial charge is 0.497 e. The second-order valence-corrected chi connectivity index (χ2v) is 4.16. The van der Waals surface area contributed by atoms with Crippen LogP contribution >= 0.6 is 0 Å². The van der Waals surface area contributed by atoms with Crippen molar-refractivity contribution in [3.05, 3.63) is 23.8 Å². The van der Waals surface area contributed by atoms with E-state index in [1.54, 1.807) is 21.1 Å². The Bertz CT molecular complexity index is 420. The Hall–Kier alpha value is -1.75. The van der Waals surface area contributed by atoms with Gasteiger partial charge >= 0.3 is 5.97 Å². The van der Waals surface area contributed by atoms with E-state index in [-0.39, 0.29) is 12.5 Å². The van der Waals surface area contributed by atoms with E-state index in [0.717, 1.165) is 17.1 Å². The topological polar surface area (TPSA) is 48.0 Å². The zero-order chi connectivity index (χ0) is 14.3. The number of rotatable bonds is 7. The van der Waals surface area contributed by atoms with Crippen LogP contribution in [0.25, 0.3) is 0 Å². The Balaban J connectivity index is 2.68. The highest BCUT2D eigenvalue weighted by molar-refractivity contribution is 5.71. The Kier molecular flexibility index (Phi) is 6.15. The molecule has 1 aromatic carbocycles. The first-order chi connectivity index (χ1) is 9.10. The summed E-state index contributed by atoms with van der Waals surface area (Å²) in [6, 6.07) is 5.63. The van der Waals surface area contributed by atoms with E-state index in [4.69, 9.17) is 14.2 Å². The number of hydrogen-bond donors (Lipinski definition) is 0. The molecule has 0 aliphatic heterocycles. The highest BCUT2D eigenvalue weighted by Crippen LogP contribution is 2.25. The minimum atomic E-state index is -0.225. The van der Waals surface area contributed by atoms with Crippen LogP contribution in [-0.2, 0) is 16.1 Å². The van der Waals surface area contributed by atoms with E-state index < -0.39 is 0 Å². The molecule has 0 atom stereocenters. The molecule has 0 aromatic heterocycles. The number of ether oxygens (including phenoxy) is 3. The standard InChI is InChI=1S/C14H21NO4/c1-5-19-14(16)10-15(2)9-11-6-7-12(17-3)8-13(11)18-4/h6-8H,5,9-10H2,1-4H3.